The summed E-state index contributed by atoms with van der Waals surface area (Å²) >= 11 is 0. The highest BCUT2D eigenvalue weighted by Gasteiger charge is 2.31. The van der Waals surface area contributed by atoms with E-state index < -0.39 is 0 Å². The predicted molar refractivity (Wildman–Crippen MR) is 54.3 cm³/mol. The van der Waals surface area contributed by atoms with E-state index in [1.807, 2.05) is 0 Å². The van der Waals surface area contributed by atoms with Crippen molar-refractivity contribution in [3.8, 4) is 0 Å². The van der Waals surface area contributed by atoms with Crippen molar-refractivity contribution in [2.24, 2.45) is 0 Å². The Hall–Kier alpha value is -1.85. The maximum Gasteiger partial charge on any atom is 0.252 e. The van der Waals surface area contributed by atoms with Gasteiger partial charge in [0.05, 0.1) is 5.69 Å². The molecule has 1 aliphatic heterocycles. The molecule has 1 aromatic heterocycles. The van der Waals surface area contributed by atoms with Crippen LogP contribution in [-0.2, 0) is 4.79 Å². The fraction of sp³-hybridized carbons (Fsp3) is 0.444. The van der Waals surface area contributed by atoms with E-state index in [1.165, 1.54) is 13.0 Å². The highest BCUT2D eigenvalue weighted by molar-refractivity contribution is 5.74. The standard InChI is InChI=1S/C9H12N4O2/c1-5(14)13-3-6(4-13)7-2-8(15)12-9(10)11-7/h2,6H,3-4H2,1H3,(H3,10,11,12,15). The minimum Gasteiger partial charge on any atom is -0.369 e. The number of hydrogen-bond acceptors (Lipinski definition) is 4. The third kappa shape index (κ3) is 1.83. The number of likely N-dealkylation sites (tertiary alicyclic amines) is 1. The number of nitrogens with zero attached hydrogens (tertiary/aromatic N) is 2. The van der Waals surface area contributed by atoms with Gasteiger partial charge in [-0.3, -0.25) is 14.6 Å². The van der Waals surface area contributed by atoms with Crippen LogP contribution in [0.5, 0.6) is 0 Å². The average molecular weight is 208 g/mol. The summed E-state index contributed by atoms with van der Waals surface area (Å²) in [5.41, 5.74) is 5.83. The molecular formula is C9H12N4O2. The van der Waals surface area contributed by atoms with Crippen LogP contribution in [0.15, 0.2) is 10.9 Å². The van der Waals surface area contributed by atoms with Crippen molar-refractivity contribution in [2.75, 3.05) is 18.8 Å². The number of hydrogen-bond donors (Lipinski definition) is 2. The van der Waals surface area contributed by atoms with Crippen LogP contribution in [0.2, 0.25) is 0 Å². The summed E-state index contributed by atoms with van der Waals surface area (Å²) < 4.78 is 0. The fourth-order valence-electron chi connectivity index (χ4n) is 1.63. The normalized spacial score (nSPS) is 16.2. The van der Waals surface area contributed by atoms with Crippen LogP contribution in [0, 0.1) is 0 Å². The molecule has 0 unspecified atom stereocenters. The van der Waals surface area contributed by atoms with Gasteiger partial charge in [0.1, 0.15) is 0 Å². The Morgan fingerprint density at radius 2 is 2.33 bits per heavy atom. The van der Waals surface area contributed by atoms with Gasteiger partial charge in [-0.1, -0.05) is 0 Å². The second-order valence-electron chi connectivity index (χ2n) is 3.68. The predicted octanol–water partition coefficient (Wildman–Crippen LogP) is -0.702. The van der Waals surface area contributed by atoms with Crippen LogP contribution in [0.3, 0.4) is 0 Å². The fourth-order valence-corrected chi connectivity index (χ4v) is 1.63. The number of nitrogens with one attached hydrogen (secondary N) is 1. The van der Waals surface area contributed by atoms with E-state index in [0.29, 0.717) is 18.8 Å². The van der Waals surface area contributed by atoms with Crippen molar-refractivity contribution in [2.45, 2.75) is 12.8 Å². The van der Waals surface area contributed by atoms with Gasteiger partial charge in [-0.2, -0.15) is 0 Å². The van der Waals surface area contributed by atoms with Crippen molar-refractivity contribution in [1.29, 1.82) is 0 Å². The summed E-state index contributed by atoms with van der Waals surface area (Å²) in [4.78, 5) is 30.2. The van der Waals surface area contributed by atoms with Gasteiger partial charge in [0.2, 0.25) is 11.9 Å². The molecule has 1 aliphatic rings. The van der Waals surface area contributed by atoms with E-state index in [1.54, 1.807) is 4.90 Å². The van der Waals surface area contributed by atoms with Crippen molar-refractivity contribution in [3.63, 3.8) is 0 Å². The van der Waals surface area contributed by atoms with E-state index in [-0.39, 0.29) is 23.3 Å². The minimum atomic E-state index is -0.251. The van der Waals surface area contributed by atoms with Crippen LogP contribution in [0.4, 0.5) is 5.95 Å². The maximum absolute atomic E-state index is 11.1. The molecule has 1 amide bonds. The minimum absolute atomic E-state index is 0.0454. The van der Waals surface area contributed by atoms with Crippen molar-refractivity contribution in [1.82, 2.24) is 14.9 Å². The number of H-pyrrole nitrogens is 1. The van der Waals surface area contributed by atoms with E-state index in [2.05, 4.69) is 9.97 Å². The van der Waals surface area contributed by atoms with Crippen LogP contribution >= 0.6 is 0 Å². The molecule has 1 saturated heterocycles. The third-order valence-corrected chi connectivity index (χ3v) is 2.52. The van der Waals surface area contributed by atoms with Gasteiger partial charge < -0.3 is 10.6 Å². The zero-order chi connectivity index (χ0) is 11.0. The van der Waals surface area contributed by atoms with E-state index in [9.17, 15) is 9.59 Å². The smallest absolute Gasteiger partial charge is 0.252 e. The number of aromatic amines is 1. The number of anilines is 1. The summed E-state index contributed by atoms with van der Waals surface area (Å²) in [5, 5.41) is 0. The first-order valence-electron chi connectivity index (χ1n) is 4.68. The zero-order valence-electron chi connectivity index (χ0n) is 8.36. The number of aromatic nitrogens is 2. The number of nitrogens with two attached hydrogens (primary N) is 1. The van der Waals surface area contributed by atoms with Gasteiger partial charge in [-0.25, -0.2) is 4.98 Å². The van der Waals surface area contributed by atoms with Crippen LogP contribution < -0.4 is 11.3 Å². The summed E-state index contributed by atoms with van der Waals surface area (Å²) in [5.74, 6) is 0.307. The topological polar surface area (TPSA) is 92.1 Å². The van der Waals surface area contributed by atoms with Crippen molar-refractivity contribution >= 4 is 11.9 Å². The van der Waals surface area contributed by atoms with Gasteiger partial charge in [0.15, 0.2) is 0 Å². The Kier molecular flexibility index (Phi) is 2.18. The highest BCUT2D eigenvalue weighted by atomic mass is 16.2. The lowest BCUT2D eigenvalue weighted by atomic mass is 9.96. The molecule has 2 heterocycles. The molecule has 0 spiro atoms. The van der Waals surface area contributed by atoms with Crippen LogP contribution in [0.25, 0.3) is 0 Å². The molecule has 1 fully saturated rings. The molecule has 0 atom stereocenters. The molecule has 1 aromatic rings. The second-order valence-corrected chi connectivity index (χ2v) is 3.68. The molecule has 0 bridgehead atoms. The largest absolute Gasteiger partial charge is 0.369 e. The molecule has 80 valence electrons. The molecule has 0 aromatic carbocycles. The SMILES string of the molecule is CC(=O)N1CC(c2cc(=O)[nH]c(N)n2)C1. The van der Waals surface area contributed by atoms with Crippen LogP contribution in [-0.4, -0.2) is 33.9 Å². The number of amides is 1. The Bertz CT molecular complexity index is 448. The lowest BCUT2D eigenvalue weighted by Crippen LogP contribution is -2.48. The van der Waals surface area contributed by atoms with Gasteiger partial charge >= 0.3 is 0 Å². The van der Waals surface area contributed by atoms with E-state index in [4.69, 9.17) is 5.73 Å². The van der Waals surface area contributed by atoms with Gasteiger partial charge in [-0.05, 0) is 0 Å². The Morgan fingerprint density at radius 1 is 1.67 bits per heavy atom. The molecule has 6 heteroatoms. The lowest BCUT2D eigenvalue weighted by molar-refractivity contribution is -0.133. The quantitative estimate of drug-likeness (QED) is 0.638. The molecule has 0 aliphatic carbocycles. The molecule has 3 N–H and O–H groups in total. The molecule has 6 nitrogen and oxygen atoms in total. The summed E-state index contributed by atoms with van der Waals surface area (Å²) in [6.45, 7) is 2.76. The monoisotopic (exact) mass is 208 g/mol. The number of carbonyl (C=O) groups is 1. The Morgan fingerprint density at radius 3 is 2.87 bits per heavy atom. The van der Waals surface area contributed by atoms with Gasteiger partial charge in [0.25, 0.3) is 5.56 Å². The number of nitrogen functional groups attached to an aromatic ring is 1. The average Bonchev–Trinajstić information content (AvgIpc) is 1.97. The first-order chi connectivity index (χ1) is 7.06. The van der Waals surface area contributed by atoms with E-state index >= 15 is 0 Å². The Labute approximate surface area is 86.1 Å². The molecular weight excluding hydrogens is 196 g/mol. The second kappa shape index (κ2) is 3.38. The number of rotatable bonds is 1. The maximum atomic E-state index is 11.1. The number of carbonyl (C=O) groups excluding carboxylic acids is 1. The summed E-state index contributed by atoms with van der Waals surface area (Å²) in [6, 6.07) is 1.43. The van der Waals surface area contributed by atoms with Gasteiger partial charge in [-0.15, -0.1) is 0 Å². The van der Waals surface area contributed by atoms with Crippen LogP contribution in [0.1, 0.15) is 18.5 Å². The highest BCUT2D eigenvalue weighted by Crippen LogP contribution is 2.24. The molecule has 15 heavy (non-hydrogen) atoms. The van der Waals surface area contributed by atoms with Gasteiger partial charge in [0, 0.05) is 32.0 Å². The first-order valence-corrected chi connectivity index (χ1v) is 4.68. The van der Waals surface area contributed by atoms with Crippen molar-refractivity contribution < 1.29 is 4.79 Å². The summed E-state index contributed by atoms with van der Waals surface area (Å²) in [7, 11) is 0. The Balaban J connectivity index is 2.13. The molecule has 0 radical (unpaired) electrons. The van der Waals surface area contributed by atoms with E-state index in [0.717, 1.165) is 0 Å². The summed E-state index contributed by atoms with van der Waals surface area (Å²) in [6.07, 6.45) is 0. The molecule has 2 rings (SSSR count). The molecule has 0 saturated carbocycles. The zero-order valence-corrected chi connectivity index (χ0v) is 8.36. The van der Waals surface area contributed by atoms with Crippen molar-refractivity contribution in [3.05, 3.63) is 22.1 Å². The first kappa shape index (κ1) is 9.70. The lowest BCUT2D eigenvalue weighted by Gasteiger charge is -2.38. The third-order valence-electron chi connectivity index (χ3n) is 2.52.